The lowest BCUT2D eigenvalue weighted by Gasteiger charge is -2.20. The molecule has 2 rings (SSSR count). The third-order valence-electron chi connectivity index (χ3n) is 2.78. The fourth-order valence-corrected chi connectivity index (χ4v) is 3.57. The summed E-state index contributed by atoms with van der Waals surface area (Å²) >= 11 is 0. The van der Waals surface area contributed by atoms with Crippen LogP contribution in [0.5, 0.6) is 0 Å². The zero-order valence-corrected chi connectivity index (χ0v) is 10.1. The molecular weight excluding hydrogens is 263 g/mol. The molecule has 1 aliphatic rings. The molecule has 8 heteroatoms. The molecule has 1 atom stereocenters. The highest BCUT2D eigenvalue weighted by atomic mass is 32.2. The minimum Gasteiger partial charge on any atom is -0.480 e. The molecule has 0 aliphatic carbocycles. The van der Waals surface area contributed by atoms with Crippen LogP contribution in [0.15, 0.2) is 23.4 Å². The number of aromatic nitrogens is 1. The summed E-state index contributed by atoms with van der Waals surface area (Å²) in [6, 6.07) is -0.252. The molecule has 0 spiro atoms. The smallest absolute Gasteiger partial charge is 0.322 e. The normalized spacial score (nSPS) is 21.1. The molecule has 0 saturated carbocycles. The van der Waals surface area contributed by atoms with Gasteiger partial charge in [-0.2, -0.15) is 4.31 Å². The zero-order chi connectivity index (χ0) is 13.3. The summed E-state index contributed by atoms with van der Waals surface area (Å²) in [5, 5.41) is 8.95. The minimum absolute atomic E-state index is 0.121. The van der Waals surface area contributed by atoms with Gasteiger partial charge in [-0.3, -0.25) is 9.78 Å². The van der Waals surface area contributed by atoms with E-state index >= 15 is 0 Å². The number of pyridine rings is 1. The molecule has 18 heavy (non-hydrogen) atoms. The van der Waals surface area contributed by atoms with Crippen LogP contribution in [0, 0.1) is 5.82 Å². The van der Waals surface area contributed by atoms with Crippen molar-refractivity contribution < 1.29 is 22.7 Å². The van der Waals surface area contributed by atoms with E-state index in [0.29, 0.717) is 6.42 Å². The summed E-state index contributed by atoms with van der Waals surface area (Å²) in [6.07, 6.45) is 2.63. The summed E-state index contributed by atoms with van der Waals surface area (Å²) in [4.78, 5) is 14.1. The Bertz CT molecular complexity index is 575. The second-order valence-electron chi connectivity index (χ2n) is 3.95. The Morgan fingerprint density at radius 1 is 1.50 bits per heavy atom. The average molecular weight is 274 g/mol. The standard InChI is InChI=1S/C10H11FN2O4S/c11-7-4-8(6-12-5-7)18(16,17)13-3-1-2-9(13)10(14)15/h4-6,9H,1-3H2,(H,14,15)/t9-/m1/s1. The predicted molar refractivity (Wildman–Crippen MR) is 58.7 cm³/mol. The van der Waals surface area contributed by atoms with Crippen LogP contribution in [-0.4, -0.2) is 41.4 Å². The number of nitrogens with zero attached hydrogens (tertiary/aromatic N) is 2. The highest BCUT2D eigenvalue weighted by Gasteiger charge is 2.39. The van der Waals surface area contributed by atoms with E-state index in [1.165, 1.54) is 0 Å². The maximum Gasteiger partial charge on any atom is 0.322 e. The van der Waals surface area contributed by atoms with Crippen molar-refractivity contribution in [1.82, 2.24) is 9.29 Å². The van der Waals surface area contributed by atoms with Gasteiger partial charge in [0.25, 0.3) is 0 Å². The van der Waals surface area contributed by atoms with Gasteiger partial charge < -0.3 is 5.11 Å². The number of carboxylic acids is 1. The molecule has 98 valence electrons. The van der Waals surface area contributed by atoms with Gasteiger partial charge >= 0.3 is 5.97 Å². The van der Waals surface area contributed by atoms with Crippen LogP contribution in [0.4, 0.5) is 4.39 Å². The molecule has 1 fully saturated rings. The topological polar surface area (TPSA) is 87.6 Å². The van der Waals surface area contributed by atoms with E-state index in [1.54, 1.807) is 0 Å². The first-order valence-electron chi connectivity index (χ1n) is 5.28. The van der Waals surface area contributed by atoms with Crippen molar-refractivity contribution in [2.24, 2.45) is 0 Å². The Morgan fingerprint density at radius 3 is 2.83 bits per heavy atom. The number of carboxylic acid groups (broad SMARTS) is 1. The van der Waals surface area contributed by atoms with Gasteiger partial charge in [-0.25, -0.2) is 12.8 Å². The minimum atomic E-state index is -4.01. The lowest BCUT2D eigenvalue weighted by atomic mass is 10.2. The summed E-state index contributed by atoms with van der Waals surface area (Å²) in [5.41, 5.74) is 0. The molecule has 1 N–H and O–H groups in total. The quantitative estimate of drug-likeness (QED) is 0.865. The molecular formula is C10H11FN2O4S. The third kappa shape index (κ3) is 2.21. The summed E-state index contributed by atoms with van der Waals surface area (Å²) in [6.45, 7) is 0.121. The first-order chi connectivity index (χ1) is 8.43. The molecule has 0 radical (unpaired) electrons. The fourth-order valence-electron chi connectivity index (χ4n) is 1.94. The van der Waals surface area contributed by atoms with E-state index in [4.69, 9.17) is 5.11 Å². The molecule has 1 aromatic rings. The van der Waals surface area contributed by atoms with Crippen molar-refractivity contribution in [1.29, 1.82) is 0 Å². The van der Waals surface area contributed by atoms with Crippen LogP contribution < -0.4 is 0 Å². The molecule has 1 aliphatic heterocycles. The average Bonchev–Trinajstić information content (AvgIpc) is 2.78. The van der Waals surface area contributed by atoms with Crippen LogP contribution in [0.25, 0.3) is 0 Å². The number of sulfonamides is 1. The lowest BCUT2D eigenvalue weighted by molar-refractivity contribution is -0.140. The number of hydrogen-bond acceptors (Lipinski definition) is 4. The molecule has 1 aromatic heterocycles. The second kappa shape index (κ2) is 4.62. The van der Waals surface area contributed by atoms with Gasteiger partial charge in [0.05, 0.1) is 6.20 Å². The Kier molecular flexibility index (Phi) is 3.31. The van der Waals surface area contributed by atoms with Gasteiger partial charge in [0.15, 0.2) is 0 Å². The Morgan fingerprint density at radius 2 is 2.22 bits per heavy atom. The zero-order valence-electron chi connectivity index (χ0n) is 9.28. The summed E-state index contributed by atoms with van der Waals surface area (Å²) < 4.78 is 38.2. The maximum atomic E-state index is 13.0. The van der Waals surface area contributed by atoms with Crippen LogP contribution in [0.1, 0.15) is 12.8 Å². The van der Waals surface area contributed by atoms with Crippen molar-refractivity contribution in [3.05, 3.63) is 24.3 Å². The molecule has 1 saturated heterocycles. The Labute approximate surface area is 103 Å². The van der Waals surface area contributed by atoms with Crippen molar-refractivity contribution in [2.75, 3.05) is 6.54 Å². The monoisotopic (exact) mass is 274 g/mol. The first-order valence-corrected chi connectivity index (χ1v) is 6.72. The van der Waals surface area contributed by atoms with Gasteiger partial charge in [-0.05, 0) is 18.9 Å². The fraction of sp³-hybridized carbons (Fsp3) is 0.400. The number of aliphatic carboxylic acids is 1. The van der Waals surface area contributed by atoms with E-state index in [2.05, 4.69) is 4.98 Å². The van der Waals surface area contributed by atoms with Gasteiger partial charge in [-0.15, -0.1) is 0 Å². The van der Waals surface area contributed by atoms with Crippen molar-refractivity contribution >= 4 is 16.0 Å². The molecule has 2 heterocycles. The van der Waals surface area contributed by atoms with Crippen LogP contribution in [-0.2, 0) is 14.8 Å². The van der Waals surface area contributed by atoms with Crippen LogP contribution >= 0.6 is 0 Å². The van der Waals surface area contributed by atoms with E-state index in [-0.39, 0.29) is 17.9 Å². The highest BCUT2D eigenvalue weighted by molar-refractivity contribution is 7.89. The van der Waals surface area contributed by atoms with E-state index in [9.17, 15) is 17.6 Å². The van der Waals surface area contributed by atoms with Gasteiger partial charge in [0.1, 0.15) is 16.8 Å². The van der Waals surface area contributed by atoms with E-state index in [0.717, 1.165) is 22.8 Å². The van der Waals surface area contributed by atoms with Crippen LogP contribution in [0.2, 0.25) is 0 Å². The number of halogens is 1. The Hall–Kier alpha value is -1.54. The van der Waals surface area contributed by atoms with Gasteiger partial charge in [-0.1, -0.05) is 0 Å². The Balaban J connectivity index is 2.40. The summed E-state index contributed by atoms with van der Waals surface area (Å²) in [7, 11) is -4.01. The van der Waals surface area contributed by atoms with E-state index in [1.807, 2.05) is 0 Å². The van der Waals surface area contributed by atoms with Crippen molar-refractivity contribution in [3.63, 3.8) is 0 Å². The van der Waals surface area contributed by atoms with Gasteiger partial charge in [0, 0.05) is 12.7 Å². The maximum absolute atomic E-state index is 13.0. The van der Waals surface area contributed by atoms with Crippen molar-refractivity contribution in [3.8, 4) is 0 Å². The van der Waals surface area contributed by atoms with Crippen molar-refractivity contribution in [2.45, 2.75) is 23.8 Å². The second-order valence-corrected chi connectivity index (χ2v) is 5.84. The molecule has 6 nitrogen and oxygen atoms in total. The first kappa shape index (κ1) is 12.9. The molecule has 0 aromatic carbocycles. The largest absolute Gasteiger partial charge is 0.480 e. The molecule has 0 unspecified atom stereocenters. The molecule has 0 amide bonds. The third-order valence-corrected chi connectivity index (χ3v) is 4.65. The van der Waals surface area contributed by atoms with Crippen LogP contribution in [0.3, 0.4) is 0 Å². The lowest BCUT2D eigenvalue weighted by Crippen LogP contribution is -2.40. The van der Waals surface area contributed by atoms with E-state index < -0.39 is 27.9 Å². The number of rotatable bonds is 3. The predicted octanol–water partition coefficient (Wildman–Crippen LogP) is 0.458. The van der Waals surface area contributed by atoms with Gasteiger partial charge in [0.2, 0.25) is 10.0 Å². The highest BCUT2D eigenvalue weighted by Crippen LogP contribution is 2.25. The SMILES string of the molecule is O=C(O)[C@H]1CCCN1S(=O)(=O)c1cncc(F)c1. The number of carbonyl (C=O) groups is 1. The number of hydrogen-bond donors (Lipinski definition) is 1. The molecule has 0 bridgehead atoms. The summed E-state index contributed by atoms with van der Waals surface area (Å²) in [5.74, 6) is -1.97.